The molecule has 2 bridgehead atoms. The van der Waals surface area contributed by atoms with Gasteiger partial charge in [-0.2, -0.15) is 0 Å². The minimum atomic E-state index is 0.300. The predicted molar refractivity (Wildman–Crippen MR) is 84.5 cm³/mol. The highest BCUT2D eigenvalue weighted by molar-refractivity contribution is 8.21. The van der Waals surface area contributed by atoms with Gasteiger partial charge in [0.25, 0.3) is 0 Å². The summed E-state index contributed by atoms with van der Waals surface area (Å²) in [5, 5.41) is 3.12. The van der Waals surface area contributed by atoms with Gasteiger partial charge in [0.1, 0.15) is 0 Å². The van der Waals surface area contributed by atoms with Crippen molar-refractivity contribution in [1.29, 1.82) is 0 Å². The van der Waals surface area contributed by atoms with Crippen molar-refractivity contribution in [3.05, 3.63) is 0 Å². The van der Waals surface area contributed by atoms with Crippen molar-refractivity contribution < 1.29 is 4.79 Å². The van der Waals surface area contributed by atoms with Crippen LogP contribution in [-0.4, -0.2) is 28.0 Å². The Labute approximate surface area is 125 Å². The Hall–Kier alpha value is 0.170. The number of carbonyl (C=O) groups is 1. The van der Waals surface area contributed by atoms with Gasteiger partial charge >= 0.3 is 0 Å². The molecule has 3 aliphatic rings. The summed E-state index contributed by atoms with van der Waals surface area (Å²) in [5.74, 6) is 4.86. The number of hydrogen-bond acceptors (Lipinski definition) is 3. The van der Waals surface area contributed by atoms with Crippen LogP contribution in [0.5, 0.6) is 0 Å². The second kappa shape index (κ2) is 5.88. The van der Waals surface area contributed by atoms with E-state index in [1.165, 1.54) is 30.8 Å². The van der Waals surface area contributed by atoms with Gasteiger partial charge in [-0.05, 0) is 43.9 Å². The number of rotatable bonds is 3. The van der Waals surface area contributed by atoms with Gasteiger partial charge in [0, 0.05) is 24.0 Å². The lowest BCUT2D eigenvalue weighted by Crippen LogP contribution is -2.49. The van der Waals surface area contributed by atoms with Gasteiger partial charge in [-0.15, -0.1) is 23.5 Å². The first-order valence-corrected chi connectivity index (χ1v) is 9.79. The number of carbonyl (C=O) groups excluding carboxylic acids is 1. The smallest absolute Gasteiger partial charge is 0.223 e. The van der Waals surface area contributed by atoms with Gasteiger partial charge in [-0.25, -0.2) is 0 Å². The quantitative estimate of drug-likeness (QED) is 0.864. The lowest BCUT2D eigenvalue weighted by Gasteiger charge is -2.52. The molecular formula is C15H25NOS2. The fourth-order valence-electron chi connectivity index (χ4n) is 4.22. The molecule has 1 saturated heterocycles. The second-order valence-electron chi connectivity index (χ2n) is 6.20. The summed E-state index contributed by atoms with van der Waals surface area (Å²) in [6.45, 7) is 2.97. The van der Waals surface area contributed by atoms with Crippen molar-refractivity contribution >= 4 is 29.4 Å². The van der Waals surface area contributed by atoms with E-state index in [2.05, 4.69) is 35.8 Å². The maximum atomic E-state index is 12.3. The zero-order valence-corrected chi connectivity index (χ0v) is 13.5. The average molecular weight is 300 g/mol. The molecule has 3 rings (SSSR count). The maximum Gasteiger partial charge on any atom is 0.223 e. The Balaban J connectivity index is 1.69. The molecule has 0 aromatic carbocycles. The Morgan fingerprint density at radius 2 is 1.84 bits per heavy atom. The third-order valence-electron chi connectivity index (χ3n) is 5.04. The van der Waals surface area contributed by atoms with E-state index in [1.807, 2.05) is 0 Å². The summed E-state index contributed by atoms with van der Waals surface area (Å²) >= 11 is 4.44. The topological polar surface area (TPSA) is 29.1 Å². The first-order chi connectivity index (χ1) is 9.26. The molecule has 2 atom stereocenters. The van der Waals surface area contributed by atoms with Crippen LogP contribution in [0.4, 0.5) is 0 Å². The van der Waals surface area contributed by atoms with E-state index >= 15 is 0 Å². The van der Waals surface area contributed by atoms with E-state index in [4.69, 9.17) is 0 Å². The summed E-state index contributed by atoms with van der Waals surface area (Å²) in [5.41, 5.74) is 0. The van der Waals surface area contributed by atoms with Gasteiger partial charge in [-0.1, -0.05) is 13.3 Å². The van der Waals surface area contributed by atoms with Crippen LogP contribution in [0.3, 0.4) is 0 Å². The summed E-state index contributed by atoms with van der Waals surface area (Å²) in [7, 11) is 0. The van der Waals surface area contributed by atoms with E-state index in [-0.39, 0.29) is 0 Å². The van der Waals surface area contributed by atoms with Crippen LogP contribution < -0.4 is 5.32 Å². The normalized spacial score (nSPS) is 36.4. The fourth-order valence-corrected chi connectivity index (χ4v) is 8.15. The Bertz CT molecular complexity index is 325. The van der Waals surface area contributed by atoms with Gasteiger partial charge in [-0.3, -0.25) is 4.79 Å². The van der Waals surface area contributed by atoms with Gasteiger partial charge in [0.2, 0.25) is 5.91 Å². The van der Waals surface area contributed by atoms with Crippen molar-refractivity contribution in [2.45, 2.75) is 49.5 Å². The minimum Gasteiger partial charge on any atom is -0.356 e. The monoisotopic (exact) mass is 299 g/mol. The van der Waals surface area contributed by atoms with Crippen LogP contribution in [0, 0.1) is 17.8 Å². The average Bonchev–Trinajstić information content (AvgIpc) is 2.85. The highest BCUT2D eigenvalue weighted by atomic mass is 32.2. The van der Waals surface area contributed by atoms with E-state index in [9.17, 15) is 4.79 Å². The third-order valence-corrected chi connectivity index (χ3v) is 9.06. The molecule has 2 nitrogen and oxygen atoms in total. The lowest BCUT2D eigenvalue weighted by atomic mass is 9.67. The zero-order valence-electron chi connectivity index (χ0n) is 11.8. The molecule has 2 unspecified atom stereocenters. The number of thioether (sulfide) groups is 2. The van der Waals surface area contributed by atoms with Gasteiger partial charge < -0.3 is 5.32 Å². The van der Waals surface area contributed by atoms with Crippen molar-refractivity contribution in [2.75, 3.05) is 18.1 Å². The molecule has 2 aliphatic carbocycles. The SMILES string of the molecule is CCCNC(=O)C1CC2CCCC(C1)C21SCCS1. The molecule has 1 aliphatic heterocycles. The van der Waals surface area contributed by atoms with Gasteiger partial charge in [0.05, 0.1) is 4.08 Å². The summed E-state index contributed by atoms with van der Waals surface area (Å²) in [6.07, 6.45) is 7.43. The molecule has 0 aromatic heterocycles. The van der Waals surface area contributed by atoms with E-state index in [0.717, 1.165) is 37.6 Å². The molecule has 0 aromatic rings. The van der Waals surface area contributed by atoms with E-state index < -0.39 is 0 Å². The standard InChI is InChI=1S/C15H25NOS2/c1-2-6-16-14(17)11-9-12-4-3-5-13(10-11)15(12)18-7-8-19-15/h11-13H,2-10H2,1H3,(H,16,17). The highest BCUT2D eigenvalue weighted by Crippen LogP contribution is 2.64. The molecule has 108 valence electrons. The largest absolute Gasteiger partial charge is 0.356 e. The van der Waals surface area contributed by atoms with Crippen molar-refractivity contribution in [3.63, 3.8) is 0 Å². The number of hydrogen-bond donors (Lipinski definition) is 1. The van der Waals surface area contributed by atoms with Crippen LogP contribution in [0.2, 0.25) is 0 Å². The number of amides is 1. The maximum absolute atomic E-state index is 12.3. The molecule has 1 spiro atoms. The highest BCUT2D eigenvalue weighted by Gasteiger charge is 2.55. The van der Waals surface area contributed by atoms with Crippen LogP contribution in [0.15, 0.2) is 0 Å². The first kappa shape index (κ1) is 14.1. The molecule has 3 fully saturated rings. The molecule has 1 N–H and O–H groups in total. The van der Waals surface area contributed by atoms with E-state index in [0.29, 0.717) is 15.9 Å². The van der Waals surface area contributed by atoms with Crippen LogP contribution in [0.25, 0.3) is 0 Å². The molecule has 0 radical (unpaired) electrons. The molecule has 4 heteroatoms. The Morgan fingerprint density at radius 1 is 1.21 bits per heavy atom. The fraction of sp³-hybridized carbons (Fsp3) is 0.933. The lowest BCUT2D eigenvalue weighted by molar-refractivity contribution is -0.127. The van der Waals surface area contributed by atoms with Gasteiger partial charge in [0.15, 0.2) is 0 Å². The summed E-state index contributed by atoms with van der Waals surface area (Å²) < 4.78 is 0.500. The Morgan fingerprint density at radius 3 is 2.42 bits per heavy atom. The van der Waals surface area contributed by atoms with Crippen molar-refractivity contribution in [3.8, 4) is 0 Å². The predicted octanol–water partition coefficient (Wildman–Crippen LogP) is 3.52. The molecular weight excluding hydrogens is 274 g/mol. The summed E-state index contributed by atoms with van der Waals surface area (Å²) in [4.78, 5) is 12.3. The molecule has 1 heterocycles. The Kier molecular flexibility index (Phi) is 4.37. The molecule has 2 saturated carbocycles. The van der Waals surface area contributed by atoms with Crippen LogP contribution in [-0.2, 0) is 4.79 Å². The van der Waals surface area contributed by atoms with Crippen molar-refractivity contribution in [1.82, 2.24) is 5.32 Å². The van der Waals surface area contributed by atoms with E-state index in [1.54, 1.807) is 0 Å². The third kappa shape index (κ3) is 2.55. The minimum absolute atomic E-state index is 0.300. The zero-order chi connectivity index (χ0) is 13.3. The van der Waals surface area contributed by atoms with Crippen molar-refractivity contribution in [2.24, 2.45) is 17.8 Å². The first-order valence-electron chi connectivity index (χ1n) is 7.82. The van der Waals surface area contributed by atoms with Crippen LogP contribution in [0.1, 0.15) is 45.4 Å². The molecule has 19 heavy (non-hydrogen) atoms. The summed E-state index contributed by atoms with van der Waals surface area (Å²) in [6, 6.07) is 0. The number of nitrogens with one attached hydrogen (secondary N) is 1. The second-order valence-corrected chi connectivity index (χ2v) is 9.21. The molecule has 1 amide bonds. The van der Waals surface area contributed by atoms with Crippen LogP contribution >= 0.6 is 23.5 Å².